The number of rotatable bonds is 7. The van der Waals surface area contributed by atoms with E-state index in [-0.39, 0.29) is 36.4 Å². The van der Waals surface area contributed by atoms with Crippen LogP contribution in [0.3, 0.4) is 0 Å². The second-order valence-electron chi connectivity index (χ2n) is 9.62. The number of nitrogens with one attached hydrogen (secondary N) is 1. The SMILES string of the molecule is O=C(CSC1=Nc2ccccc2C2=NC(=O)C(CC(=O)N3CCN(c4ccccc4)CC3)N12)NCc1ccco1. The molecule has 1 N–H and O–H groups in total. The van der Waals surface area contributed by atoms with E-state index in [0.29, 0.717) is 35.5 Å². The maximum Gasteiger partial charge on any atom is 0.271 e. The minimum Gasteiger partial charge on any atom is -0.467 e. The minimum atomic E-state index is -0.805. The highest BCUT2D eigenvalue weighted by atomic mass is 32.2. The van der Waals surface area contributed by atoms with Gasteiger partial charge >= 0.3 is 0 Å². The van der Waals surface area contributed by atoms with E-state index in [1.807, 2.05) is 47.4 Å². The number of carbonyl (C=O) groups is 3. The molecule has 3 aliphatic rings. The number of anilines is 1. The molecule has 0 aliphatic carbocycles. The third-order valence-corrected chi connectivity index (χ3v) is 8.05. The van der Waals surface area contributed by atoms with E-state index in [2.05, 4.69) is 27.3 Å². The predicted molar refractivity (Wildman–Crippen MR) is 154 cm³/mol. The molecule has 204 valence electrons. The van der Waals surface area contributed by atoms with Crippen molar-refractivity contribution in [3.63, 3.8) is 0 Å². The zero-order valence-corrected chi connectivity index (χ0v) is 22.5. The number of fused-ring (bicyclic) bond motifs is 3. The van der Waals surface area contributed by atoms with Crippen molar-refractivity contribution in [3.8, 4) is 0 Å². The quantitative estimate of drug-likeness (QED) is 0.476. The third-order valence-electron chi connectivity index (χ3n) is 7.10. The number of para-hydroxylation sites is 2. The first kappa shape index (κ1) is 25.9. The number of amides is 3. The highest BCUT2D eigenvalue weighted by Gasteiger charge is 2.43. The fraction of sp³-hybridized carbons (Fsp3) is 0.276. The predicted octanol–water partition coefficient (Wildman–Crippen LogP) is 3.03. The van der Waals surface area contributed by atoms with Gasteiger partial charge in [-0.2, -0.15) is 4.99 Å². The number of benzene rings is 2. The van der Waals surface area contributed by atoms with Gasteiger partial charge in [0, 0.05) is 37.4 Å². The summed E-state index contributed by atoms with van der Waals surface area (Å²) in [5, 5.41) is 3.30. The highest BCUT2D eigenvalue weighted by Crippen LogP contribution is 2.35. The Bertz CT molecular complexity index is 1460. The van der Waals surface area contributed by atoms with Crippen molar-refractivity contribution in [2.24, 2.45) is 9.98 Å². The first-order valence-corrected chi connectivity index (χ1v) is 14.1. The van der Waals surface area contributed by atoms with Gasteiger partial charge in [0.2, 0.25) is 11.8 Å². The summed E-state index contributed by atoms with van der Waals surface area (Å²) in [6.07, 6.45) is 1.55. The number of amidine groups is 2. The molecule has 4 heterocycles. The molecule has 11 heteroatoms. The number of piperazine rings is 1. The molecule has 1 unspecified atom stereocenters. The summed E-state index contributed by atoms with van der Waals surface area (Å²) in [5.74, 6) is 0.545. The van der Waals surface area contributed by atoms with E-state index in [9.17, 15) is 14.4 Å². The largest absolute Gasteiger partial charge is 0.467 e. The van der Waals surface area contributed by atoms with Crippen LogP contribution in [0, 0.1) is 0 Å². The van der Waals surface area contributed by atoms with E-state index < -0.39 is 6.04 Å². The molecule has 0 bridgehead atoms. The molecular formula is C29H28N6O4S. The van der Waals surface area contributed by atoms with Gasteiger partial charge in [0.25, 0.3) is 5.91 Å². The van der Waals surface area contributed by atoms with Gasteiger partial charge in [0.05, 0.1) is 30.7 Å². The summed E-state index contributed by atoms with van der Waals surface area (Å²) in [6.45, 7) is 2.89. The molecule has 10 nitrogen and oxygen atoms in total. The van der Waals surface area contributed by atoms with Crippen molar-refractivity contribution >= 4 is 51.9 Å². The summed E-state index contributed by atoms with van der Waals surface area (Å²) in [5.41, 5.74) is 2.54. The van der Waals surface area contributed by atoms with Gasteiger partial charge in [-0.15, -0.1) is 0 Å². The third kappa shape index (κ3) is 5.37. The number of carbonyl (C=O) groups excluding carboxylic acids is 3. The average Bonchev–Trinajstić information content (AvgIpc) is 3.63. The number of aliphatic imine (C=N–C) groups is 2. The molecule has 0 radical (unpaired) electrons. The van der Waals surface area contributed by atoms with E-state index in [1.165, 1.54) is 11.8 Å². The van der Waals surface area contributed by atoms with E-state index in [0.717, 1.165) is 24.3 Å². The van der Waals surface area contributed by atoms with Gasteiger partial charge in [-0.25, -0.2) is 4.99 Å². The van der Waals surface area contributed by atoms with Crippen LogP contribution < -0.4 is 10.2 Å². The van der Waals surface area contributed by atoms with Crippen molar-refractivity contribution in [1.82, 2.24) is 15.1 Å². The molecule has 1 fully saturated rings. The molecule has 3 aromatic rings. The van der Waals surface area contributed by atoms with Crippen LogP contribution >= 0.6 is 11.8 Å². The van der Waals surface area contributed by atoms with E-state index in [1.54, 1.807) is 23.3 Å². The summed E-state index contributed by atoms with van der Waals surface area (Å²) in [7, 11) is 0. The van der Waals surface area contributed by atoms with Crippen molar-refractivity contribution in [2.75, 3.05) is 36.8 Å². The second kappa shape index (κ2) is 11.4. The first-order valence-electron chi connectivity index (χ1n) is 13.2. The standard InChI is InChI=1S/C29H28N6O4S/c36-25(30-18-21-9-6-16-39-21)19-40-29-31-23-11-5-4-10-22(23)27-32-28(38)24(35(27)29)17-26(37)34-14-12-33(13-15-34)20-7-2-1-3-8-20/h1-11,16,24H,12-15,17-19H2,(H,30,36). The second-order valence-corrected chi connectivity index (χ2v) is 10.6. The van der Waals surface area contributed by atoms with Crippen LogP contribution in [0.15, 0.2) is 87.4 Å². The molecule has 1 aromatic heterocycles. The fourth-order valence-corrected chi connectivity index (χ4v) is 5.91. The normalized spacial score (nSPS) is 18.1. The summed E-state index contributed by atoms with van der Waals surface area (Å²) >= 11 is 1.22. The van der Waals surface area contributed by atoms with Gasteiger partial charge in [0.15, 0.2) is 5.17 Å². The number of hydrogen-bond donors (Lipinski definition) is 1. The summed E-state index contributed by atoms with van der Waals surface area (Å²) in [6, 6.07) is 20.3. The number of hydrogen-bond acceptors (Lipinski definition) is 8. The number of nitrogens with zero attached hydrogens (tertiary/aromatic N) is 5. The Morgan fingerprint density at radius 2 is 1.73 bits per heavy atom. The lowest BCUT2D eigenvalue weighted by Crippen LogP contribution is -2.51. The Hall–Kier alpha value is -4.38. The van der Waals surface area contributed by atoms with Gasteiger partial charge in [-0.05, 0) is 36.4 Å². The zero-order valence-electron chi connectivity index (χ0n) is 21.7. The average molecular weight is 557 g/mol. The van der Waals surface area contributed by atoms with E-state index >= 15 is 0 Å². The lowest BCUT2D eigenvalue weighted by atomic mass is 10.1. The van der Waals surface area contributed by atoms with Crippen molar-refractivity contribution in [1.29, 1.82) is 0 Å². The minimum absolute atomic E-state index is 0.0103. The van der Waals surface area contributed by atoms with E-state index in [4.69, 9.17) is 9.41 Å². The van der Waals surface area contributed by atoms with Gasteiger partial charge in [0.1, 0.15) is 17.6 Å². The molecule has 2 aromatic carbocycles. The Morgan fingerprint density at radius 3 is 2.50 bits per heavy atom. The summed E-state index contributed by atoms with van der Waals surface area (Å²) < 4.78 is 5.27. The topological polar surface area (TPSA) is 111 Å². The van der Waals surface area contributed by atoms with Crippen molar-refractivity contribution in [2.45, 2.75) is 19.0 Å². The Kier molecular flexibility index (Phi) is 7.37. The first-order chi connectivity index (χ1) is 19.6. The summed E-state index contributed by atoms with van der Waals surface area (Å²) in [4.78, 5) is 54.0. The van der Waals surface area contributed by atoms with Crippen LogP contribution in [0.2, 0.25) is 0 Å². The fourth-order valence-electron chi connectivity index (χ4n) is 5.03. The maximum atomic E-state index is 13.4. The van der Waals surface area contributed by atoms with Crippen LogP contribution in [0.5, 0.6) is 0 Å². The highest BCUT2D eigenvalue weighted by molar-refractivity contribution is 8.14. The van der Waals surface area contributed by atoms with Gasteiger partial charge in [-0.1, -0.05) is 42.1 Å². The molecule has 40 heavy (non-hydrogen) atoms. The number of thioether (sulfide) groups is 1. The molecule has 3 aliphatic heterocycles. The van der Waals surface area contributed by atoms with Crippen LogP contribution in [0.25, 0.3) is 0 Å². The van der Waals surface area contributed by atoms with Crippen LogP contribution in [-0.2, 0) is 20.9 Å². The maximum absolute atomic E-state index is 13.4. The molecule has 3 amide bonds. The lowest BCUT2D eigenvalue weighted by Gasteiger charge is -2.37. The zero-order chi connectivity index (χ0) is 27.5. The molecule has 0 spiro atoms. The Labute approximate surface area is 235 Å². The Morgan fingerprint density at radius 1 is 0.950 bits per heavy atom. The molecule has 0 saturated carbocycles. The number of furan rings is 1. The van der Waals surface area contributed by atoms with Crippen LogP contribution in [0.4, 0.5) is 11.4 Å². The molecule has 1 saturated heterocycles. The van der Waals surface area contributed by atoms with Crippen molar-refractivity contribution < 1.29 is 18.8 Å². The monoisotopic (exact) mass is 556 g/mol. The van der Waals surface area contributed by atoms with Crippen LogP contribution in [0.1, 0.15) is 17.7 Å². The van der Waals surface area contributed by atoms with Crippen LogP contribution in [-0.4, -0.2) is 76.5 Å². The Balaban J connectivity index is 1.14. The van der Waals surface area contributed by atoms with Crippen molar-refractivity contribution in [3.05, 3.63) is 84.3 Å². The smallest absolute Gasteiger partial charge is 0.271 e. The van der Waals surface area contributed by atoms with Gasteiger partial charge < -0.3 is 19.5 Å². The lowest BCUT2D eigenvalue weighted by molar-refractivity contribution is -0.134. The molecular weight excluding hydrogens is 528 g/mol. The molecule has 6 rings (SSSR count). The van der Waals surface area contributed by atoms with Gasteiger partial charge in [-0.3, -0.25) is 19.3 Å². The molecule has 1 atom stereocenters.